The van der Waals surface area contributed by atoms with Crippen molar-refractivity contribution in [2.45, 2.75) is 13.0 Å². The number of hydrogen-bond acceptors (Lipinski definition) is 3. The van der Waals surface area contributed by atoms with Gasteiger partial charge in [0.05, 0.1) is 5.97 Å². The summed E-state index contributed by atoms with van der Waals surface area (Å²) in [5.41, 5.74) is 0. The number of aliphatic carboxylic acids is 1. The Bertz CT molecular complexity index is 317. The average Bonchev–Trinajstić information content (AvgIpc) is 2.04. The number of halogens is 1. The van der Waals surface area contributed by atoms with Crippen LogP contribution in [-0.2, 0) is 4.79 Å². The summed E-state index contributed by atoms with van der Waals surface area (Å²) in [6, 6.07) is 6.53. The quantitative estimate of drug-likeness (QED) is 0.549. The maximum absolute atomic E-state index is 10.3. The molecule has 0 aliphatic carbocycles. The van der Waals surface area contributed by atoms with Crippen molar-refractivity contribution in [1.29, 1.82) is 0 Å². The first-order valence-electron chi connectivity index (χ1n) is 3.72. The summed E-state index contributed by atoms with van der Waals surface area (Å²) in [6.07, 6.45) is -0.974. The van der Waals surface area contributed by atoms with Gasteiger partial charge in [-0.2, -0.15) is 0 Å². The Morgan fingerprint density at radius 3 is 2.71 bits per heavy atom. The van der Waals surface area contributed by atoms with Crippen LogP contribution in [0.1, 0.15) is 6.92 Å². The van der Waals surface area contributed by atoms with Crippen LogP contribution >= 0.6 is 11.6 Å². The van der Waals surface area contributed by atoms with E-state index in [0.29, 0.717) is 10.8 Å². The molecule has 70 valence electrons. The van der Waals surface area contributed by atoms with Gasteiger partial charge in [0.2, 0.25) is 0 Å². The second kappa shape index (κ2) is 6.30. The minimum Gasteiger partial charge on any atom is -0.546 e. The number of ether oxygens (including phenoxy) is 1. The van der Waals surface area contributed by atoms with Crippen molar-refractivity contribution in [1.82, 2.24) is 0 Å². The van der Waals surface area contributed by atoms with Crippen LogP contribution in [0.15, 0.2) is 24.3 Å². The fraction of sp³-hybridized carbons (Fsp3) is 0.222. The molecule has 1 aromatic rings. The van der Waals surface area contributed by atoms with Crippen LogP contribution in [0.5, 0.6) is 5.75 Å². The molecule has 0 spiro atoms. The summed E-state index contributed by atoms with van der Waals surface area (Å²) >= 11 is 5.66. The molecule has 0 aromatic heterocycles. The molecule has 0 heterocycles. The molecule has 0 aliphatic rings. The van der Waals surface area contributed by atoms with Crippen molar-refractivity contribution in [3.63, 3.8) is 0 Å². The first-order valence-corrected chi connectivity index (χ1v) is 4.10. The largest absolute Gasteiger partial charge is 1.00 e. The molecule has 0 aliphatic heterocycles. The van der Waals surface area contributed by atoms with E-state index >= 15 is 0 Å². The van der Waals surface area contributed by atoms with Crippen LogP contribution in [0.4, 0.5) is 0 Å². The van der Waals surface area contributed by atoms with E-state index in [1.54, 1.807) is 24.3 Å². The molecule has 0 fully saturated rings. The first kappa shape index (κ1) is 13.8. The zero-order valence-corrected chi connectivity index (χ0v) is 10.7. The van der Waals surface area contributed by atoms with Gasteiger partial charge in [-0.05, 0) is 25.1 Å². The summed E-state index contributed by atoms with van der Waals surface area (Å²) in [4.78, 5) is 10.3. The summed E-state index contributed by atoms with van der Waals surface area (Å²) in [5, 5.41) is 10.8. The van der Waals surface area contributed by atoms with E-state index in [1.807, 2.05) is 0 Å². The molecule has 5 heteroatoms. The van der Waals surface area contributed by atoms with Crippen LogP contribution in [0.2, 0.25) is 5.02 Å². The van der Waals surface area contributed by atoms with Gasteiger partial charge in [0.1, 0.15) is 11.9 Å². The minimum absolute atomic E-state index is 0. The predicted octanol–water partition coefficient (Wildman–Crippen LogP) is -2.14. The van der Waals surface area contributed by atoms with Crippen LogP contribution in [0.3, 0.4) is 0 Å². The van der Waals surface area contributed by atoms with Crippen molar-refractivity contribution >= 4 is 17.6 Å². The molecular formula is C9H8ClNaO3. The van der Waals surface area contributed by atoms with Crippen LogP contribution in [0.25, 0.3) is 0 Å². The number of carbonyl (C=O) groups is 1. The third-order valence-corrected chi connectivity index (χ3v) is 1.68. The number of carboxylic acids is 1. The van der Waals surface area contributed by atoms with Gasteiger partial charge in [0.25, 0.3) is 0 Å². The van der Waals surface area contributed by atoms with Gasteiger partial charge >= 0.3 is 29.6 Å². The van der Waals surface area contributed by atoms with Gasteiger partial charge in [-0.1, -0.05) is 17.7 Å². The van der Waals surface area contributed by atoms with Crippen LogP contribution < -0.4 is 39.4 Å². The van der Waals surface area contributed by atoms with Gasteiger partial charge in [-0.3, -0.25) is 0 Å². The maximum Gasteiger partial charge on any atom is 1.00 e. The van der Waals surface area contributed by atoms with Crippen molar-refractivity contribution in [3.05, 3.63) is 29.3 Å². The predicted molar refractivity (Wildman–Crippen MR) is 46.5 cm³/mol. The van der Waals surface area contributed by atoms with Gasteiger partial charge in [0.15, 0.2) is 0 Å². The van der Waals surface area contributed by atoms with E-state index in [0.717, 1.165) is 0 Å². The topological polar surface area (TPSA) is 49.4 Å². The number of benzene rings is 1. The van der Waals surface area contributed by atoms with E-state index in [9.17, 15) is 9.90 Å². The zero-order valence-electron chi connectivity index (χ0n) is 7.99. The number of carbonyl (C=O) groups excluding carboxylic acids is 1. The number of rotatable bonds is 3. The standard InChI is InChI=1S/C9H9ClO3.Na/c1-6(9(11)12)13-8-4-2-3-7(10)5-8;/h2-6H,1H3,(H,11,12);/q;+1/p-1. The second-order valence-electron chi connectivity index (χ2n) is 2.54. The molecular weight excluding hydrogens is 215 g/mol. The summed E-state index contributed by atoms with van der Waals surface area (Å²) in [6.45, 7) is 1.40. The first-order chi connectivity index (χ1) is 6.09. The monoisotopic (exact) mass is 222 g/mol. The van der Waals surface area contributed by atoms with Gasteiger partial charge in [-0.25, -0.2) is 0 Å². The average molecular weight is 223 g/mol. The van der Waals surface area contributed by atoms with Crippen molar-refractivity contribution in [2.24, 2.45) is 0 Å². The Kier molecular flexibility index (Phi) is 6.20. The van der Waals surface area contributed by atoms with E-state index in [1.165, 1.54) is 6.92 Å². The van der Waals surface area contributed by atoms with E-state index in [4.69, 9.17) is 16.3 Å². The third kappa shape index (κ3) is 4.33. The van der Waals surface area contributed by atoms with Gasteiger partial charge < -0.3 is 14.6 Å². The number of hydrogen-bond donors (Lipinski definition) is 0. The molecule has 1 unspecified atom stereocenters. The Morgan fingerprint density at radius 1 is 1.57 bits per heavy atom. The Hall–Kier alpha value is -0.220. The molecule has 0 amide bonds. The Labute approximate surface area is 109 Å². The van der Waals surface area contributed by atoms with E-state index in [2.05, 4.69) is 0 Å². The van der Waals surface area contributed by atoms with Crippen molar-refractivity contribution in [3.8, 4) is 5.75 Å². The molecule has 1 rings (SSSR count). The molecule has 3 nitrogen and oxygen atoms in total. The Balaban J connectivity index is 0.00000169. The maximum atomic E-state index is 10.3. The molecule has 1 atom stereocenters. The minimum atomic E-state index is -1.25. The third-order valence-electron chi connectivity index (χ3n) is 1.44. The van der Waals surface area contributed by atoms with Gasteiger partial charge in [-0.15, -0.1) is 0 Å². The zero-order chi connectivity index (χ0) is 9.84. The fourth-order valence-corrected chi connectivity index (χ4v) is 0.973. The van der Waals surface area contributed by atoms with Crippen LogP contribution in [0, 0.1) is 0 Å². The van der Waals surface area contributed by atoms with E-state index in [-0.39, 0.29) is 29.6 Å². The number of carboxylic acid groups (broad SMARTS) is 1. The molecule has 1 aromatic carbocycles. The normalized spacial score (nSPS) is 11.3. The summed E-state index contributed by atoms with van der Waals surface area (Å²) < 4.78 is 5.01. The SMILES string of the molecule is CC(Oc1cccc(Cl)c1)C(=O)[O-].[Na+]. The van der Waals surface area contributed by atoms with Crippen molar-refractivity contribution in [2.75, 3.05) is 0 Å². The Morgan fingerprint density at radius 2 is 2.21 bits per heavy atom. The van der Waals surface area contributed by atoms with E-state index < -0.39 is 12.1 Å². The molecule has 0 radical (unpaired) electrons. The second-order valence-corrected chi connectivity index (χ2v) is 2.97. The fourth-order valence-electron chi connectivity index (χ4n) is 0.793. The summed E-state index contributed by atoms with van der Waals surface area (Å²) in [5.74, 6) is -0.829. The summed E-state index contributed by atoms with van der Waals surface area (Å²) in [7, 11) is 0. The molecule has 14 heavy (non-hydrogen) atoms. The molecule has 0 bridgehead atoms. The molecule has 0 saturated carbocycles. The smallest absolute Gasteiger partial charge is 0.546 e. The molecule has 0 N–H and O–H groups in total. The molecule has 0 saturated heterocycles. The van der Waals surface area contributed by atoms with Gasteiger partial charge in [0, 0.05) is 5.02 Å². The van der Waals surface area contributed by atoms with Crippen LogP contribution in [-0.4, -0.2) is 12.1 Å². The van der Waals surface area contributed by atoms with Crippen molar-refractivity contribution < 1.29 is 44.2 Å².